The summed E-state index contributed by atoms with van der Waals surface area (Å²) in [4.78, 5) is 14.5. The molecule has 0 aliphatic carbocycles. The Morgan fingerprint density at radius 2 is 1.95 bits per heavy atom. The maximum absolute atomic E-state index is 12.0. The van der Waals surface area contributed by atoms with E-state index in [0.29, 0.717) is 5.92 Å². The predicted molar refractivity (Wildman–Crippen MR) is 87.7 cm³/mol. The lowest BCUT2D eigenvalue weighted by atomic mass is 10.0. The Labute approximate surface area is 130 Å². The van der Waals surface area contributed by atoms with Gasteiger partial charge in [0, 0.05) is 62.3 Å². The van der Waals surface area contributed by atoms with Crippen molar-refractivity contribution in [2.45, 2.75) is 6.54 Å². The third kappa shape index (κ3) is 4.22. The summed E-state index contributed by atoms with van der Waals surface area (Å²) in [7, 11) is 0. The van der Waals surface area contributed by atoms with Gasteiger partial charge in [-0.05, 0) is 17.7 Å². The topological polar surface area (TPSA) is 44.4 Å². The zero-order valence-corrected chi connectivity index (χ0v) is 13.1. The molecular weight excluding hydrogens is 282 g/mol. The van der Waals surface area contributed by atoms with Crippen molar-refractivity contribution < 1.29 is 4.79 Å². The number of rotatable bonds is 5. The van der Waals surface area contributed by atoms with Crippen molar-refractivity contribution in [1.82, 2.24) is 15.5 Å². The van der Waals surface area contributed by atoms with Crippen LogP contribution in [0.15, 0.2) is 24.3 Å². The van der Waals surface area contributed by atoms with Crippen LogP contribution in [-0.4, -0.2) is 55.0 Å². The molecule has 4 nitrogen and oxygen atoms in total. The average molecular weight is 305 g/mol. The van der Waals surface area contributed by atoms with Gasteiger partial charge in [-0.3, -0.25) is 9.69 Å². The first-order valence-corrected chi connectivity index (χ1v) is 8.85. The Bertz CT molecular complexity index is 467. The van der Waals surface area contributed by atoms with Crippen LogP contribution in [0.2, 0.25) is 0 Å². The van der Waals surface area contributed by atoms with Gasteiger partial charge in [0.2, 0.25) is 0 Å². The number of benzene rings is 1. The molecular formula is C16H23N3OS. The zero-order chi connectivity index (χ0) is 14.5. The molecule has 0 unspecified atom stereocenters. The standard InChI is InChI=1S/C16H23N3OS/c20-16(18-11-14-9-17-10-14)15-3-1-13(2-4-15)12-19-5-7-21-8-6-19/h1-4,14,17H,5-12H2,(H,18,20). The molecule has 0 spiro atoms. The number of thioether (sulfide) groups is 1. The Hall–Kier alpha value is -1.04. The molecule has 2 aliphatic heterocycles. The van der Waals surface area contributed by atoms with Crippen LogP contribution in [0.1, 0.15) is 15.9 Å². The summed E-state index contributed by atoms with van der Waals surface area (Å²) >= 11 is 2.03. The molecule has 0 atom stereocenters. The Kier molecular flexibility index (Phi) is 5.17. The van der Waals surface area contributed by atoms with Crippen LogP contribution in [0.25, 0.3) is 0 Å². The minimum atomic E-state index is 0.0443. The number of hydrogen-bond donors (Lipinski definition) is 2. The third-order valence-corrected chi connectivity index (χ3v) is 5.09. The second-order valence-electron chi connectivity index (χ2n) is 5.82. The van der Waals surface area contributed by atoms with E-state index in [2.05, 4.69) is 27.7 Å². The Morgan fingerprint density at radius 3 is 2.57 bits per heavy atom. The smallest absolute Gasteiger partial charge is 0.251 e. The van der Waals surface area contributed by atoms with Crippen molar-refractivity contribution in [3.63, 3.8) is 0 Å². The van der Waals surface area contributed by atoms with Crippen LogP contribution in [-0.2, 0) is 6.54 Å². The number of nitrogens with one attached hydrogen (secondary N) is 2. The van der Waals surface area contributed by atoms with Gasteiger partial charge in [-0.1, -0.05) is 12.1 Å². The van der Waals surface area contributed by atoms with Gasteiger partial charge in [0.05, 0.1) is 0 Å². The maximum atomic E-state index is 12.0. The zero-order valence-electron chi connectivity index (χ0n) is 12.3. The van der Waals surface area contributed by atoms with Gasteiger partial charge in [0.15, 0.2) is 0 Å². The van der Waals surface area contributed by atoms with Crippen molar-refractivity contribution in [3.8, 4) is 0 Å². The molecule has 2 aliphatic rings. The van der Waals surface area contributed by atoms with E-state index in [-0.39, 0.29) is 5.91 Å². The molecule has 2 saturated heterocycles. The summed E-state index contributed by atoms with van der Waals surface area (Å²) in [5.74, 6) is 3.11. The van der Waals surface area contributed by atoms with Crippen molar-refractivity contribution >= 4 is 17.7 Å². The molecule has 0 bridgehead atoms. The number of amides is 1. The summed E-state index contributed by atoms with van der Waals surface area (Å²) in [5.41, 5.74) is 2.06. The summed E-state index contributed by atoms with van der Waals surface area (Å²) in [6.45, 7) is 6.15. The summed E-state index contributed by atoms with van der Waals surface area (Å²) < 4.78 is 0. The van der Waals surface area contributed by atoms with Crippen molar-refractivity contribution in [1.29, 1.82) is 0 Å². The molecule has 2 N–H and O–H groups in total. The lowest BCUT2D eigenvalue weighted by Crippen LogP contribution is -2.48. The van der Waals surface area contributed by atoms with E-state index >= 15 is 0 Å². The lowest BCUT2D eigenvalue weighted by Gasteiger charge is -2.27. The van der Waals surface area contributed by atoms with E-state index in [4.69, 9.17) is 0 Å². The van der Waals surface area contributed by atoms with Crippen LogP contribution >= 0.6 is 11.8 Å². The number of carbonyl (C=O) groups is 1. The van der Waals surface area contributed by atoms with Gasteiger partial charge in [-0.15, -0.1) is 0 Å². The quantitative estimate of drug-likeness (QED) is 0.857. The van der Waals surface area contributed by atoms with Crippen LogP contribution in [0.5, 0.6) is 0 Å². The fourth-order valence-electron chi connectivity index (χ4n) is 2.61. The number of hydrogen-bond acceptors (Lipinski definition) is 4. The highest BCUT2D eigenvalue weighted by Crippen LogP contribution is 2.13. The average Bonchev–Trinajstić information content (AvgIpc) is 2.47. The highest BCUT2D eigenvalue weighted by molar-refractivity contribution is 7.99. The highest BCUT2D eigenvalue weighted by Gasteiger charge is 2.17. The van der Waals surface area contributed by atoms with Crippen molar-refractivity contribution in [2.75, 3.05) is 44.2 Å². The molecule has 21 heavy (non-hydrogen) atoms. The van der Waals surface area contributed by atoms with Gasteiger partial charge >= 0.3 is 0 Å². The molecule has 0 radical (unpaired) electrons. The summed E-state index contributed by atoms with van der Waals surface area (Å²) in [6, 6.07) is 8.06. The van der Waals surface area contributed by atoms with Crippen molar-refractivity contribution in [2.24, 2.45) is 5.92 Å². The summed E-state index contributed by atoms with van der Waals surface area (Å²) in [6.07, 6.45) is 0. The van der Waals surface area contributed by atoms with Gasteiger partial charge in [0.25, 0.3) is 5.91 Å². The van der Waals surface area contributed by atoms with Gasteiger partial charge in [-0.25, -0.2) is 0 Å². The largest absolute Gasteiger partial charge is 0.352 e. The lowest BCUT2D eigenvalue weighted by molar-refractivity contribution is 0.0942. The van der Waals surface area contributed by atoms with Gasteiger partial charge < -0.3 is 10.6 Å². The monoisotopic (exact) mass is 305 g/mol. The predicted octanol–water partition coefficient (Wildman–Crippen LogP) is 1.18. The van der Waals surface area contributed by atoms with E-state index in [1.807, 2.05) is 23.9 Å². The van der Waals surface area contributed by atoms with Crippen LogP contribution in [0, 0.1) is 5.92 Å². The Morgan fingerprint density at radius 1 is 1.24 bits per heavy atom. The van der Waals surface area contributed by atoms with E-state index < -0.39 is 0 Å². The van der Waals surface area contributed by atoms with Crippen LogP contribution in [0.4, 0.5) is 0 Å². The van der Waals surface area contributed by atoms with Crippen LogP contribution < -0.4 is 10.6 Å². The molecule has 1 aromatic rings. The number of nitrogens with zero attached hydrogens (tertiary/aromatic N) is 1. The van der Waals surface area contributed by atoms with E-state index in [1.54, 1.807) is 0 Å². The van der Waals surface area contributed by atoms with Gasteiger partial charge in [-0.2, -0.15) is 11.8 Å². The van der Waals surface area contributed by atoms with E-state index in [1.165, 1.54) is 30.2 Å². The van der Waals surface area contributed by atoms with Crippen molar-refractivity contribution in [3.05, 3.63) is 35.4 Å². The third-order valence-electron chi connectivity index (χ3n) is 4.14. The molecule has 3 rings (SSSR count). The molecule has 0 aromatic heterocycles. The number of carbonyl (C=O) groups excluding carboxylic acids is 1. The van der Waals surface area contributed by atoms with E-state index in [9.17, 15) is 4.79 Å². The molecule has 1 amide bonds. The maximum Gasteiger partial charge on any atom is 0.251 e. The molecule has 2 fully saturated rings. The normalized spacial score (nSPS) is 20.0. The second kappa shape index (κ2) is 7.29. The summed E-state index contributed by atoms with van der Waals surface area (Å²) in [5, 5.41) is 6.22. The van der Waals surface area contributed by atoms with Crippen LogP contribution in [0.3, 0.4) is 0 Å². The minimum absolute atomic E-state index is 0.0443. The Balaban J connectivity index is 1.49. The fourth-order valence-corrected chi connectivity index (χ4v) is 3.59. The molecule has 2 heterocycles. The fraction of sp³-hybridized carbons (Fsp3) is 0.562. The molecule has 114 valence electrons. The van der Waals surface area contributed by atoms with E-state index in [0.717, 1.165) is 31.7 Å². The van der Waals surface area contributed by atoms with Gasteiger partial charge in [0.1, 0.15) is 0 Å². The minimum Gasteiger partial charge on any atom is -0.352 e. The first kappa shape index (κ1) is 14.9. The first-order valence-electron chi connectivity index (χ1n) is 7.69. The first-order chi connectivity index (χ1) is 10.3. The molecule has 1 aromatic carbocycles. The highest BCUT2D eigenvalue weighted by atomic mass is 32.2. The molecule has 5 heteroatoms. The second-order valence-corrected chi connectivity index (χ2v) is 7.04. The molecule has 0 saturated carbocycles. The SMILES string of the molecule is O=C(NCC1CNC1)c1ccc(CN2CCSCC2)cc1.